The molecule has 0 bridgehead atoms. The van der Waals surface area contributed by atoms with E-state index in [9.17, 15) is 0 Å². The second kappa shape index (κ2) is 13.0. The van der Waals surface area contributed by atoms with Gasteiger partial charge in [-0.1, -0.05) is 158 Å². The molecule has 1 aliphatic carbocycles. The predicted molar refractivity (Wildman–Crippen MR) is 217 cm³/mol. The molecule has 1 unspecified atom stereocenters. The zero-order valence-electron chi connectivity index (χ0n) is 28.9. The first-order valence-electron chi connectivity index (χ1n) is 18.0. The van der Waals surface area contributed by atoms with E-state index in [4.69, 9.17) is 19.4 Å². The number of hydrogen-bond acceptors (Lipinski definition) is 4. The second-order valence-corrected chi connectivity index (χ2v) is 13.6. The first kappa shape index (κ1) is 30.9. The van der Waals surface area contributed by atoms with Crippen molar-refractivity contribution in [3.05, 3.63) is 193 Å². The van der Waals surface area contributed by atoms with Crippen molar-refractivity contribution in [3.8, 4) is 45.3 Å². The Labute approximate surface area is 307 Å². The van der Waals surface area contributed by atoms with Crippen molar-refractivity contribution in [1.82, 2.24) is 15.0 Å². The molecule has 0 fully saturated rings. The molecule has 250 valence electrons. The third-order valence-corrected chi connectivity index (χ3v) is 10.3. The smallest absolute Gasteiger partial charge is 0.164 e. The lowest BCUT2D eigenvalue weighted by molar-refractivity contribution is 0.669. The van der Waals surface area contributed by atoms with Gasteiger partial charge in [0.05, 0.1) is 0 Å². The van der Waals surface area contributed by atoms with E-state index < -0.39 is 0 Å². The van der Waals surface area contributed by atoms with Crippen molar-refractivity contribution >= 4 is 38.3 Å². The summed E-state index contributed by atoms with van der Waals surface area (Å²) in [5, 5.41) is 4.46. The van der Waals surface area contributed by atoms with Gasteiger partial charge in [-0.25, -0.2) is 15.0 Å². The van der Waals surface area contributed by atoms with Crippen LogP contribution in [0.4, 0.5) is 0 Å². The van der Waals surface area contributed by atoms with Crippen LogP contribution >= 0.6 is 0 Å². The Hall–Kier alpha value is -6.91. The van der Waals surface area contributed by atoms with Crippen LogP contribution in [0.15, 0.2) is 186 Å². The quantitative estimate of drug-likeness (QED) is 0.175. The van der Waals surface area contributed by atoms with Crippen molar-refractivity contribution < 1.29 is 4.42 Å². The average Bonchev–Trinajstić information content (AvgIpc) is 3.62. The van der Waals surface area contributed by atoms with Gasteiger partial charge in [-0.2, -0.15) is 0 Å². The molecule has 0 spiro atoms. The molecule has 0 radical (unpaired) electrons. The minimum absolute atomic E-state index is 0.316. The number of nitrogens with zero attached hydrogens (tertiary/aromatic N) is 3. The molecule has 1 aliphatic rings. The maximum Gasteiger partial charge on any atom is 0.164 e. The van der Waals surface area contributed by atoms with Gasteiger partial charge in [0.1, 0.15) is 11.2 Å². The first-order chi connectivity index (χ1) is 26.2. The molecule has 0 N–H and O–H groups in total. The van der Waals surface area contributed by atoms with Crippen molar-refractivity contribution in [2.45, 2.75) is 12.3 Å². The van der Waals surface area contributed by atoms with Gasteiger partial charge in [0.2, 0.25) is 0 Å². The summed E-state index contributed by atoms with van der Waals surface area (Å²) >= 11 is 0. The molecule has 0 amide bonds. The molecule has 4 heteroatoms. The fraction of sp³-hybridized carbons (Fsp3) is 0.0408. The van der Waals surface area contributed by atoms with Crippen molar-refractivity contribution in [2.24, 2.45) is 0 Å². The molecule has 1 atom stereocenters. The summed E-state index contributed by atoms with van der Waals surface area (Å²) in [7, 11) is 0. The number of aromatic nitrogens is 3. The van der Waals surface area contributed by atoms with Gasteiger partial charge in [0.25, 0.3) is 0 Å². The molecule has 2 aromatic heterocycles. The zero-order valence-corrected chi connectivity index (χ0v) is 28.9. The lowest BCUT2D eigenvalue weighted by Gasteiger charge is -2.17. The van der Waals surface area contributed by atoms with Crippen molar-refractivity contribution in [3.63, 3.8) is 0 Å². The van der Waals surface area contributed by atoms with E-state index in [0.717, 1.165) is 56.2 Å². The first-order valence-corrected chi connectivity index (χ1v) is 18.0. The highest BCUT2D eigenvalue weighted by molar-refractivity contribution is 6.13. The van der Waals surface area contributed by atoms with Crippen LogP contribution in [-0.2, 0) is 0 Å². The molecule has 7 aromatic carbocycles. The predicted octanol–water partition coefficient (Wildman–Crippen LogP) is 12.7. The SMILES string of the molecule is C1=CC(c2ccc(-c3nc(-c4ccccc4)nc(-c4cccc5oc6ccc(-c7ccc8ccccc8c7)cc6c45)n3)cc2)CC=C1c1ccccc1. The summed E-state index contributed by atoms with van der Waals surface area (Å²) in [6, 6.07) is 57.0. The van der Waals surface area contributed by atoms with E-state index in [1.165, 1.54) is 27.5 Å². The van der Waals surface area contributed by atoms with Crippen LogP contribution in [0.3, 0.4) is 0 Å². The Bertz CT molecular complexity index is 2850. The second-order valence-electron chi connectivity index (χ2n) is 13.6. The molecule has 53 heavy (non-hydrogen) atoms. The van der Waals surface area contributed by atoms with Crippen molar-refractivity contribution in [1.29, 1.82) is 0 Å². The number of fused-ring (bicyclic) bond motifs is 4. The summed E-state index contributed by atoms with van der Waals surface area (Å²) in [5.74, 6) is 2.19. The zero-order chi connectivity index (χ0) is 35.1. The Kier molecular flexibility index (Phi) is 7.58. The molecular formula is C49H33N3O. The molecule has 4 nitrogen and oxygen atoms in total. The Balaban J connectivity index is 1.05. The number of furan rings is 1. The van der Waals surface area contributed by atoms with Crippen LogP contribution in [-0.4, -0.2) is 15.0 Å². The number of hydrogen-bond donors (Lipinski definition) is 0. The summed E-state index contributed by atoms with van der Waals surface area (Å²) in [6.07, 6.45) is 7.85. The van der Waals surface area contributed by atoms with Gasteiger partial charge in [-0.05, 0) is 69.3 Å². The molecule has 9 aromatic rings. The van der Waals surface area contributed by atoms with Gasteiger partial charge < -0.3 is 4.42 Å². The molecule has 0 aliphatic heterocycles. The third-order valence-electron chi connectivity index (χ3n) is 10.3. The highest BCUT2D eigenvalue weighted by Crippen LogP contribution is 2.39. The number of benzene rings is 7. The van der Waals surface area contributed by atoms with Crippen LogP contribution in [0.2, 0.25) is 0 Å². The minimum Gasteiger partial charge on any atom is -0.456 e. The molecular weight excluding hydrogens is 647 g/mol. The monoisotopic (exact) mass is 679 g/mol. The molecule has 0 saturated carbocycles. The molecule has 2 heterocycles. The van der Waals surface area contributed by atoms with Crippen molar-refractivity contribution in [2.75, 3.05) is 0 Å². The summed E-state index contributed by atoms with van der Waals surface area (Å²) in [4.78, 5) is 15.3. The van der Waals surface area contributed by atoms with Gasteiger partial charge in [-0.3, -0.25) is 0 Å². The van der Waals surface area contributed by atoms with Gasteiger partial charge in [0, 0.05) is 33.4 Å². The van der Waals surface area contributed by atoms with E-state index >= 15 is 0 Å². The molecule has 10 rings (SSSR count). The standard InChI is InChI=1S/C49H33N3O/c1-3-10-32(11-4-1)34-18-20-35(21-19-34)36-22-25-38(26-23-36)48-50-47(37-13-5-2-6-14-37)51-49(52-48)42-16-9-17-45-46(42)43-31-41(28-29-44(43)53-45)40-27-24-33-12-7-8-15-39(33)30-40/h1-20,22-31,35H,21H2. The largest absolute Gasteiger partial charge is 0.456 e. The lowest BCUT2D eigenvalue weighted by atomic mass is 9.88. The highest BCUT2D eigenvalue weighted by Gasteiger charge is 2.19. The number of allylic oxidation sites excluding steroid dienone is 4. The summed E-state index contributed by atoms with van der Waals surface area (Å²) < 4.78 is 6.43. The average molecular weight is 680 g/mol. The number of rotatable bonds is 6. The van der Waals surface area contributed by atoms with Gasteiger partial charge >= 0.3 is 0 Å². The van der Waals surface area contributed by atoms with Gasteiger partial charge in [-0.15, -0.1) is 0 Å². The maximum atomic E-state index is 6.43. The summed E-state index contributed by atoms with van der Waals surface area (Å²) in [5.41, 5.74) is 10.5. The highest BCUT2D eigenvalue weighted by atomic mass is 16.3. The maximum absolute atomic E-state index is 6.43. The van der Waals surface area contributed by atoms with E-state index in [2.05, 4.69) is 140 Å². The topological polar surface area (TPSA) is 51.8 Å². The van der Waals surface area contributed by atoms with Crippen LogP contribution in [0, 0.1) is 0 Å². The fourth-order valence-corrected chi connectivity index (χ4v) is 7.50. The van der Waals surface area contributed by atoms with E-state index in [1.54, 1.807) is 0 Å². The minimum atomic E-state index is 0.316. The normalized spacial score (nSPS) is 14.2. The van der Waals surface area contributed by atoms with Crippen LogP contribution in [0.1, 0.15) is 23.5 Å². The van der Waals surface area contributed by atoms with E-state index in [-0.39, 0.29) is 0 Å². The van der Waals surface area contributed by atoms with Crippen LogP contribution in [0.5, 0.6) is 0 Å². The molecule has 0 saturated heterocycles. The fourth-order valence-electron chi connectivity index (χ4n) is 7.50. The Morgan fingerprint density at radius 3 is 1.87 bits per heavy atom. The van der Waals surface area contributed by atoms with E-state index in [1.807, 2.05) is 42.5 Å². The Morgan fingerprint density at radius 2 is 1.11 bits per heavy atom. The van der Waals surface area contributed by atoms with Gasteiger partial charge in [0.15, 0.2) is 17.5 Å². The van der Waals surface area contributed by atoms with Crippen LogP contribution in [0.25, 0.3) is 83.6 Å². The lowest BCUT2D eigenvalue weighted by Crippen LogP contribution is -2.01. The third kappa shape index (κ3) is 5.81. The van der Waals surface area contributed by atoms with E-state index in [0.29, 0.717) is 23.4 Å². The van der Waals surface area contributed by atoms with Crippen LogP contribution < -0.4 is 0 Å². The summed E-state index contributed by atoms with van der Waals surface area (Å²) in [6.45, 7) is 0. The Morgan fingerprint density at radius 1 is 0.472 bits per heavy atom.